The first-order valence-corrected chi connectivity index (χ1v) is 14.5. The van der Waals surface area contributed by atoms with Crippen molar-refractivity contribution in [1.29, 1.82) is 5.26 Å². The van der Waals surface area contributed by atoms with E-state index < -0.39 is 6.04 Å². The average Bonchev–Trinajstić information content (AvgIpc) is 2.99. The predicted molar refractivity (Wildman–Crippen MR) is 166 cm³/mol. The first kappa shape index (κ1) is 32.1. The minimum atomic E-state index is -0.575. The lowest BCUT2D eigenvalue weighted by Crippen LogP contribution is -2.49. The zero-order valence-electron chi connectivity index (χ0n) is 25.3. The minimum Gasteiger partial charge on any atom is -0.369 e. The second kappa shape index (κ2) is 16.1. The van der Waals surface area contributed by atoms with Crippen molar-refractivity contribution in [2.45, 2.75) is 58.0 Å². The van der Waals surface area contributed by atoms with Gasteiger partial charge in [0.1, 0.15) is 11.9 Å². The second-order valence-electron chi connectivity index (χ2n) is 10.8. The lowest BCUT2D eigenvalue weighted by Gasteiger charge is -2.30. The molecule has 3 N–H and O–H groups in total. The van der Waals surface area contributed by atoms with Gasteiger partial charge in [-0.05, 0) is 71.0 Å². The lowest BCUT2D eigenvalue weighted by molar-refractivity contribution is -0.135. The standard InChI is InChI=1S/C32H42N8O2/c1-6-18-34-30-26(22-35-32(38-30)37-27-16-13-25(21-33)14-17-27)15-12-24-9-7-10-28(20-24)36-31(42)23(2)40(5)29(41)11-8-19-39(3)4/h8,11,13-14,16-17,22-24,28H,6-7,9-10,18-20H2,1-5H3,(H,36,42)(H2,34,35,37,38)/b11-8+/t23-,24-,28-/m0/s1. The van der Waals surface area contributed by atoms with Crippen molar-refractivity contribution in [3.05, 3.63) is 53.7 Å². The van der Waals surface area contributed by atoms with Crippen molar-refractivity contribution in [3.8, 4) is 17.9 Å². The van der Waals surface area contributed by atoms with Gasteiger partial charge in [-0.2, -0.15) is 10.2 Å². The number of rotatable bonds is 11. The van der Waals surface area contributed by atoms with Gasteiger partial charge >= 0.3 is 0 Å². The molecular weight excluding hydrogens is 528 g/mol. The van der Waals surface area contributed by atoms with E-state index in [-0.39, 0.29) is 23.8 Å². The van der Waals surface area contributed by atoms with Crippen molar-refractivity contribution in [2.75, 3.05) is 44.9 Å². The summed E-state index contributed by atoms with van der Waals surface area (Å²) in [6, 6.07) is 8.64. The Hall–Kier alpha value is -4.41. The second-order valence-corrected chi connectivity index (χ2v) is 10.8. The number of aromatic nitrogens is 2. The quantitative estimate of drug-likeness (QED) is 0.274. The molecule has 1 aromatic heterocycles. The molecule has 42 heavy (non-hydrogen) atoms. The maximum absolute atomic E-state index is 12.9. The Morgan fingerprint density at radius 1 is 1.19 bits per heavy atom. The first-order chi connectivity index (χ1) is 20.2. The fourth-order valence-corrected chi connectivity index (χ4v) is 4.47. The van der Waals surface area contributed by atoms with Crippen LogP contribution in [0.3, 0.4) is 0 Å². The van der Waals surface area contributed by atoms with Gasteiger partial charge in [-0.15, -0.1) is 0 Å². The maximum atomic E-state index is 12.9. The summed E-state index contributed by atoms with van der Waals surface area (Å²) in [5, 5.41) is 18.7. The third-order valence-electron chi connectivity index (χ3n) is 7.07. The molecule has 1 fully saturated rings. The monoisotopic (exact) mass is 570 g/mol. The van der Waals surface area contributed by atoms with Crippen LogP contribution < -0.4 is 16.0 Å². The SMILES string of the molecule is CCCNc1nc(Nc2ccc(C#N)cc2)ncc1C#C[C@@H]1CCC[C@H](NC(=O)[C@H](C)N(C)C(=O)/C=C/CN(C)C)C1. The van der Waals surface area contributed by atoms with Gasteiger partial charge < -0.3 is 25.8 Å². The molecule has 3 rings (SSSR count). The van der Waals surface area contributed by atoms with Crippen molar-refractivity contribution < 1.29 is 9.59 Å². The molecule has 10 nitrogen and oxygen atoms in total. The van der Waals surface area contributed by atoms with Gasteiger partial charge in [-0.1, -0.05) is 31.3 Å². The number of hydrogen-bond acceptors (Lipinski definition) is 8. The highest BCUT2D eigenvalue weighted by molar-refractivity contribution is 5.92. The molecule has 0 saturated heterocycles. The predicted octanol–water partition coefficient (Wildman–Crippen LogP) is 3.90. The van der Waals surface area contributed by atoms with E-state index in [2.05, 4.69) is 50.8 Å². The van der Waals surface area contributed by atoms with E-state index in [1.807, 2.05) is 31.1 Å². The number of anilines is 3. The van der Waals surface area contributed by atoms with Crippen molar-refractivity contribution in [3.63, 3.8) is 0 Å². The molecule has 1 saturated carbocycles. The third kappa shape index (κ3) is 9.90. The lowest BCUT2D eigenvalue weighted by atomic mass is 9.86. The first-order valence-electron chi connectivity index (χ1n) is 14.5. The van der Waals surface area contributed by atoms with Crippen molar-refractivity contribution >= 4 is 29.3 Å². The van der Waals surface area contributed by atoms with E-state index in [0.29, 0.717) is 23.9 Å². The van der Waals surface area contributed by atoms with Gasteiger partial charge in [-0.3, -0.25) is 9.59 Å². The maximum Gasteiger partial charge on any atom is 0.246 e. The van der Waals surface area contributed by atoms with E-state index in [1.54, 1.807) is 38.4 Å². The Balaban J connectivity index is 1.63. The van der Waals surface area contributed by atoms with E-state index in [4.69, 9.17) is 5.26 Å². The number of carbonyl (C=O) groups excluding carboxylic acids is 2. The molecule has 0 spiro atoms. The fraction of sp³-hybridized carbons (Fsp3) is 0.469. The summed E-state index contributed by atoms with van der Waals surface area (Å²) < 4.78 is 0. The third-order valence-corrected chi connectivity index (χ3v) is 7.07. The molecule has 3 atom stereocenters. The molecule has 0 aliphatic heterocycles. The van der Waals surface area contributed by atoms with Crippen LogP contribution in [-0.4, -0.2) is 77.9 Å². The van der Waals surface area contributed by atoms with Gasteiger partial charge in [0.2, 0.25) is 17.8 Å². The van der Waals surface area contributed by atoms with Crippen LogP contribution in [0.5, 0.6) is 0 Å². The summed E-state index contributed by atoms with van der Waals surface area (Å²) in [7, 11) is 5.51. The number of likely N-dealkylation sites (N-methyl/N-ethyl adjacent to an activating group) is 2. The van der Waals surface area contributed by atoms with Gasteiger partial charge in [0.05, 0.1) is 23.4 Å². The highest BCUT2D eigenvalue weighted by Gasteiger charge is 2.26. The number of hydrogen-bond donors (Lipinski definition) is 3. The van der Waals surface area contributed by atoms with Crippen molar-refractivity contribution in [2.24, 2.45) is 5.92 Å². The Labute approximate surface area is 249 Å². The largest absolute Gasteiger partial charge is 0.369 e. The molecule has 1 aliphatic rings. The number of amides is 2. The van der Waals surface area contributed by atoms with Crippen LogP contribution in [0, 0.1) is 29.1 Å². The fourth-order valence-electron chi connectivity index (χ4n) is 4.47. The molecule has 10 heteroatoms. The van der Waals surface area contributed by atoms with Crippen LogP contribution in [-0.2, 0) is 9.59 Å². The summed E-state index contributed by atoms with van der Waals surface area (Å²) in [4.78, 5) is 37.9. The smallest absolute Gasteiger partial charge is 0.246 e. The van der Waals surface area contributed by atoms with Gasteiger partial charge in [-0.25, -0.2) is 4.98 Å². The number of carbonyl (C=O) groups is 2. The summed E-state index contributed by atoms with van der Waals surface area (Å²) in [6.45, 7) is 5.24. The topological polar surface area (TPSA) is 126 Å². The zero-order chi connectivity index (χ0) is 30.5. The van der Waals surface area contributed by atoms with E-state index in [0.717, 1.165) is 49.9 Å². The van der Waals surface area contributed by atoms with Crippen LogP contribution >= 0.6 is 0 Å². The van der Waals surface area contributed by atoms with E-state index >= 15 is 0 Å². The highest BCUT2D eigenvalue weighted by atomic mass is 16.2. The summed E-state index contributed by atoms with van der Waals surface area (Å²) in [5.74, 6) is 7.55. The molecule has 222 valence electrons. The summed E-state index contributed by atoms with van der Waals surface area (Å²) >= 11 is 0. The van der Waals surface area contributed by atoms with E-state index in [9.17, 15) is 9.59 Å². The van der Waals surface area contributed by atoms with Crippen LogP contribution in [0.25, 0.3) is 0 Å². The molecule has 1 aliphatic carbocycles. The average molecular weight is 571 g/mol. The zero-order valence-corrected chi connectivity index (χ0v) is 25.3. The molecule has 2 aromatic rings. The van der Waals surface area contributed by atoms with Gasteiger partial charge in [0.15, 0.2) is 0 Å². The van der Waals surface area contributed by atoms with Crippen LogP contribution in [0.2, 0.25) is 0 Å². The molecule has 0 bridgehead atoms. The highest BCUT2D eigenvalue weighted by Crippen LogP contribution is 2.25. The minimum absolute atomic E-state index is 0.00807. The summed E-state index contributed by atoms with van der Waals surface area (Å²) in [6.07, 6.45) is 9.52. The van der Waals surface area contributed by atoms with Crippen LogP contribution in [0.4, 0.5) is 17.5 Å². The molecule has 1 aromatic carbocycles. The number of benzene rings is 1. The Kier molecular flexibility index (Phi) is 12.3. The Morgan fingerprint density at radius 2 is 1.95 bits per heavy atom. The van der Waals surface area contributed by atoms with Gasteiger partial charge in [0, 0.05) is 43.9 Å². The van der Waals surface area contributed by atoms with E-state index in [1.165, 1.54) is 11.0 Å². The number of nitrogens with zero attached hydrogens (tertiary/aromatic N) is 5. The molecule has 2 amide bonds. The molecule has 0 radical (unpaired) electrons. The summed E-state index contributed by atoms with van der Waals surface area (Å²) in [5.41, 5.74) is 2.09. The van der Waals surface area contributed by atoms with Crippen LogP contribution in [0.15, 0.2) is 42.6 Å². The number of nitrogens with one attached hydrogen (secondary N) is 3. The number of nitriles is 1. The Morgan fingerprint density at radius 3 is 2.64 bits per heavy atom. The van der Waals surface area contributed by atoms with Gasteiger partial charge in [0.25, 0.3) is 0 Å². The van der Waals surface area contributed by atoms with Crippen molar-refractivity contribution in [1.82, 2.24) is 25.1 Å². The van der Waals surface area contributed by atoms with Crippen LogP contribution in [0.1, 0.15) is 57.1 Å². The normalized spacial score (nSPS) is 17.1. The molecule has 0 unspecified atom stereocenters. The molecule has 1 heterocycles. The molecular formula is C32H42N8O2. The Bertz CT molecular complexity index is 1340.